The van der Waals surface area contributed by atoms with Gasteiger partial charge in [0.25, 0.3) is 0 Å². The average Bonchev–Trinajstić information content (AvgIpc) is 2.03. The molecule has 0 saturated carbocycles. The quantitative estimate of drug-likeness (QED) is 0.685. The Morgan fingerprint density at radius 1 is 1.14 bits per heavy atom. The number of nitrogens with zero attached hydrogens (tertiary/aromatic N) is 1. The highest BCUT2D eigenvalue weighted by Gasteiger charge is 2.57. The molecule has 1 rings (SSSR count). The van der Waals surface area contributed by atoms with Gasteiger partial charge in [-0.2, -0.15) is 22.0 Å². The molecule has 78 valence electrons. The van der Waals surface area contributed by atoms with Crippen molar-refractivity contribution in [2.75, 3.05) is 0 Å². The molecule has 1 nitrogen and oxygen atoms in total. The van der Waals surface area contributed by atoms with E-state index < -0.39 is 18.5 Å². The Kier molecular flexibility index (Phi) is 2.73. The molecule has 0 aromatic carbocycles. The van der Waals surface area contributed by atoms with Crippen LogP contribution in [-0.4, -0.2) is 17.1 Å². The van der Waals surface area contributed by atoms with E-state index in [0.717, 1.165) is 6.20 Å². The van der Waals surface area contributed by atoms with Crippen molar-refractivity contribution in [1.29, 1.82) is 0 Å². The second kappa shape index (κ2) is 3.51. The number of hydrogen-bond acceptors (Lipinski definition) is 1. The van der Waals surface area contributed by atoms with E-state index in [1.54, 1.807) is 0 Å². The largest absolute Gasteiger partial charge is 0.453 e. The van der Waals surface area contributed by atoms with Crippen molar-refractivity contribution in [3.8, 4) is 0 Å². The Labute approximate surface area is 76.6 Å². The SMILES string of the molecule is FC(F)(F)C(F)(F)Cc1cccnc1. The van der Waals surface area contributed by atoms with Crippen molar-refractivity contribution in [1.82, 2.24) is 4.98 Å². The number of halogens is 5. The molecule has 0 bridgehead atoms. The van der Waals surface area contributed by atoms with Crippen LogP contribution in [0.25, 0.3) is 0 Å². The van der Waals surface area contributed by atoms with Gasteiger partial charge in [0.15, 0.2) is 0 Å². The predicted molar refractivity (Wildman–Crippen MR) is 38.9 cm³/mol. The molecule has 14 heavy (non-hydrogen) atoms. The van der Waals surface area contributed by atoms with Gasteiger partial charge in [-0.3, -0.25) is 4.98 Å². The molecule has 0 amide bonds. The fourth-order valence-electron chi connectivity index (χ4n) is 0.859. The zero-order valence-corrected chi connectivity index (χ0v) is 6.85. The third kappa shape index (κ3) is 2.40. The van der Waals surface area contributed by atoms with E-state index in [0.29, 0.717) is 0 Å². The lowest BCUT2D eigenvalue weighted by Crippen LogP contribution is -2.38. The van der Waals surface area contributed by atoms with Crippen molar-refractivity contribution in [2.24, 2.45) is 0 Å². The molecule has 0 spiro atoms. The van der Waals surface area contributed by atoms with Gasteiger partial charge in [-0.25, -0.2) is 0 Å². The van der Waals surface area contributed by atoms with E-state index in [2.05, 4.69) is 4.98 Å². The third-order valence-electron chi connectivity index (χ3n) is 1.56. The van der Waals surface area contributed by atoms with Crippen molar-refractivity contribution in [3.63, 3.8) is 0 Å². The summed E-state index contributed by atoms with van der Waals surface area (Å²) >= 11 is 0. The molecular weight excluding hydrogens is 205 g/mol. The minimum absolute atomic E-state index is 0.144. The normalized spacial score (nSPS) is 12.9. The first kappa shape index (κ1) is 10.9. The number of hydrogen-bond donors (Lipinski definition) is 0. The summed E-state index contributed by atoms with van der Waals surface area (Å²) in [7, 11) is 0. The number of aromatic nitrogens is 1. The van der Waals surface area contributed by atoms with Gasteiger partial charge in [0, 0.05) is 18.8 Å². The van der Waals surface area contributed by atoms with E-state index >= 15 is 0 Å². The number of alkyl halides is 5. The monoisotopic (exact) mass is 211 g/mol. The van der Waals surface area contributed by atoms with Crippen LogP contribution in [0.15, 0.2) is 24.5 Å². The zero-order chi connectivity index (χ0) is 10.8. The maximum Gasteiger partial charge on any atom is 0.453 e. The Morgan fingerprint density at radius 3 is 2.21 bits per heavy atom. The number of rotatable bonds is 2. The van der Waals surface area contributed by atoms with Crippen LogP contribution in [0.2, 0.25) is 0 Å². The fraction of sp³-hybridized carbons (Fsp3) is 0.375. The van der Waals surface area contributed by atoms with Crippen molar-refractivity contribution in [2.45, 2.75) is 18.5 Å². The fourth-order valence-corrected chi connectivity index (χ4v) is 0.859. The zero-order valence-electron chi connectivity index (χ0n) is 6.85. The Balaban J connectivity index is 2.79. The van der Waals surface area contributed by atoms with Gasteiger partial charge in [-0.15, -0.1) is 0 Å². The van der Waals surface area contributed by atoms with Crippen LogP contribution < -0.4 is 0 Å². The summed E-state index contributed by atoms with van der Waals surface area (Å²) in [5, 5.41) is 0. The first-order chi connectivity index (χ1) is 6.33. The highest BCUT2D eigenvalue weighted by Crippen LogP contribution is 2.37. The van der Waals surface area contributed by atoms with E-state index in [4.69, 9.17) is 0 Å². The van der Waals surface area contributed by atoms with Crippen LogP contribution in [0.3, 0.4) is 0 Å². The molecule has 0 aliphatic rings. The standard InChI is InChI=1S/C8H6F5N/c9-7(10,8(11,12)13)4-6-2-1-3-14-5-6/h1-3,5H,4H2. The van der Waals surface area contributed by atoms with Gasteiger partial charge in [0.1, 0.15) is 0 Å². The first-order valence-corrected chi connectivity index (χ1v) is 3.66. The van der Waals surface area contributed by atoms with Crippen molar-refractivity contribution < 1.29 is 22.0 Å². The highest BCUT2D eigenvalue weighted by atomic mass is 19.4. The molecule has 0 radical (unpaired) electrons. The summed E-state index contributed by atoms with van der Waals surface area (Å²) in [6.07, 6.45) is -4.60. The Bertz CT molecular complexity index is 292. The molecule has 6 heteroatoms. The summed E-state index contributed by atoms with van der Waals surface area (Å²) in [5.41, 5.74) is -0.144. The van der Waals surface area contributed by atoms with Crippen LogP contribution >= 0.6 is 0 Å². The van der Waals surface area contributed by atoms with Crippen molar-refractivity contribution in [3.05, 3.63) is 30.1 Å². The summed E-state index contributed by atoms with van der Waals surface area (Å²) < 4.78 is 60.2. The molecular formula is C8H6F5N. The maximum absolute atomic E-state index is 12.5. The van der Waals surface area contributed by atoms with Gasteiger partial charge in [0.05, 0.1) is 0 Å². The second-order valence-corrected chi connectivity index (χ2v) is 2.74. The molecule has 1 aromatic heterocycles. The molecule has 1 aromatic rings. The van der Waals surface area contributed by atoms with E-state index in [9.17, 15) is 22.0 Å². The average molecular weight is 211 g/mol. The van der Waals surface area contributed by atoms with E-state index in [1.807, 2.05) is 0 Å². The van der Waals surface area contributed by atoms with Crippen LogP contribution in [0.1, 0.15) is 5.56 Å². The van der Waals surface area contributed by atoms with Gasteiger partial charge in [0.2, 0.25) is 0 Å². The van der Waals surface area contributed by atoms with Gasteiger partial charge < -0.3 is 0 Å². The van der Waals surface area contributed by atoms with Gasteiger partial charge in [-0.05, 0) is 11.6 Å². The lowest BCUT2D eigenvalue weighted by atomic mass is 10.1. The molecule has 0 N–H and O–H groups in total. The minimum atomic E-state index is -5.51. The van der Waals surface area contributed by atoms with Crippen LogP contribution in [0.5, 0.6) is 0 Å². The van der Waals surface area contributed by atoms with Gasteiger partial charge >= 0.3 is 12.1 Å². The van der Waals surface area contributed by atoms with Crippen LogP contribution in [0, 0.1) is 0 Å². The molecule has 0 unspecified atom stereocenters. The molecule has 0 atom stereocenters. The summed E-state index contributed by atoms with van der Waals surface area (Å²) in [6.45, 7) is 0. The predicted octanol–water partition coefficient (Wildman–Crippen LogP) is 2.82. The summed E-state index contributed by atoms with van der Waals surface area (Å²) in [5.74, 6) is -4.70. The van der Waals surface area contributed by atoms with Crippen LogP contribution in [0.4, 0.5) is 22.0 Å². The van der Waals surface area contributed by atoms with E-state index in [-0.39, 0.29) is 5.56 Å². The number of pyridine rings is 1. The minimum Gasteiger partial charge on any atom is -0.264 e. The maximum atomic E-state index is 12.5. The lowest BCUT2D eigenvalue weighted by molar-refractivity contribution is -0.281. The topological polar surface area (TPSA) is 12.9 Å². The molecule has 0 aliphatic carbocycles. The summed E-state index contributed by atoms with van der Waals surface area (Å²) in [4.78, 5) is 3.45. The first-order valence-electron chi connectivity index (χ1n) is 3.66. The molecule has 1 heterocycles. The highest BCUT2D eigenvalue weighted by molar-refractivity contribution is 5.11. The third-order valence-corrected chi connectivity index (χ3v) is 1.56. The molecule has 0 aliphatic heterocycles. The second-order valence-electron chi connectivity index (χ2n) is 2.74. The van der Waals surface area contributed by atoms with Crippen molar-refractivity contribution >= 4 is 0 Å². The smallest absolute Gasteiger partial charge is 0.264 e. The molecule has 0 fully saturated rings. The summed E-state index contributed by atoms with van der Waals surface area (Å²) in [6, 6.07) is 2.48. The van der Waals surface area contributed by atoms with E-state index in [1.165, 1.54) is 18.3 Å². The lowest BCUT2D eigenvalue weighted by Gasteiger charge is -2.19. The van der Waals surface area contributed by atoms with Crippen LogP contribution in [-0.2, 0) is 6.42 Å². The van der Waals surface area contributed by atoms with Gasteiger partial charge in [-0.1, -0.05) is 6.07 Å². The molecule has 0 saturated heterocycles. The Morgan fingerprint density at radius 2 is 1.79 bits per heavy atom. The Hall–Kier alpha value is -1.20.